The van der Waals surface area contributed by atoms with Gasteiger partial charge in [-0.1, -0.05) is 18.2 Å². The van der Waals surface area contributed by atoms with Crippen molar-refractivity contribution >= 4 is 22.8 Å². The predicted octanol–water partition coefficient (Wildman–Crippen LogP) is 1.61. The average molecular weight is 343 g/mol. The van der Waals surface area contributed by atoms with Gasteiger partial charge in [-0.25, -0.2) is 0 Å². The van der Waals surface area contributed by atoms with Crippen LogP contribution in [0, 0.1) is 5.41 Å². The summed E-state index contributed by atoms with van der Waals surface area (Å²) < 4.78 is 5.37. The monoisotopic (exact) mass is 343 g/mol. The van der Waals surface area contributed by atoms with Crippen LogP contribution in [-0.2, 0) is 4.74 Å². The highest BCUT2D eigenvalue weighted by Gasteiger charge is 2.23. The van der Waals surface area contributed by atoms with Crippen LogP contribution in [0.4, 0.5) is 0 Å². The number of ether oxygens (including phenoxy) is 1. The van der Waals surface area contributed by atoms with E-state index in [1.54, 1.807) is 13.2 Å². The van der Waals surface area contributed by atoms with E-state index >= 15 is 0 Å². The van der Waals surface area contributed by atoms with Crippen LogP contribution in [0.5, 0.6) is 0 Å². The van der Waals surface area contributed by atoms with Gasteiger partial charge < -0.3 is 20.4 Å². The largest absolute Gasteiger partial charge is 0.380 e. The zero-order valence-corrected chi connectivity index (χ0v) is 14.5. The molecule has 1 amide bonds. The number of rotatable bonds is 6. The molecule has 1 aromatic heterocycles. The summed E-state index contributed by atoms with van der Waals surface area (Å²) in [5.74, 6) is -0.486. The lowest BCUT2D eigenvalue weighted by Crippen LogP contribution is -2.43. The topological polar surface area (TPSA) is 98.4 Å². The first kappa shape index (κ1) is 17.4. The fourth-order valence-electron chi connectivity index (χ4n) is 3.31. The highest BCUT2D eigenvalue weighted by Crippen LogP contribution is 2.16. The molecule has 0 saturated carbocycles. The lowest BCUT2D eigenvalue weighted by atomic mass is 10.2. The normalized spacial score (nSPS) is 17.9. The van der Waals surface area contributed by atoms with Crippen LogP contribution in [0.3, 0.4) is 0 Å². The Labute approximate surface area is 147 Å². The summed E-state index contributed by atoms with van der Waals surface area (Å²) in [6, 6.07) is 9.51. The number of nitrogens with zero attached hydrogens (tertiary/aromatic N) is 2. The third-order valence-corrected chi connectivity index (χ3v) is 4.71. The number of hydrogen-bond donors (Lipinski definition) is 3. The number of carbonyl (C=O) groups excluding carboxylic acids is 1. The maximum absolute atomic E-state index is 12.7. The molecule has 0 aliphatic carbocycles. The summed E-state index contributed by atoms with van der Waals surface area (Å²) in [7, 11) is 1.74. The highest BCUT2D eigenvalue weighted by atomic mass is 16.5. The summed E-state index contributed by atoms with van der Waals surface area (Å²) >= 11 is 0. The molecule has 2 aromatic rings. The molecule has 2 heterocycles. The number of para-hydroxylation sites is 1. The quantitative estimate of drug-likeness (QED) is 0.548. The first-order valence-electron chi connectivity index (χ1n) is 8.57. The van der Waals surface area contributed by atoms with Gasteiger partial charge in [0.2, 0.25) is 0 Å². The summed E-state index contributed by atoms with van der Waals surface area (Å²) in [4.78, 5) is 19.5. The Bertz CT molecular complexity index is 724. The average Bonchev–Trinajstić information content (AvgIpc) is 3.24. The van der Waals surface area contributed by atoms with E-state index in [0.717, 1.165) is 43.4 Å². The molecule has 0 bridgehead atoms. The van der Waals surface area contributed by atoms with Crippen LogP contribution in [0.1, 0.15) is 23.3 Å². The first-order chi connectivity index (χ1) is 12.1. The zero-order chi connectivity index (χ0) is 17.8. The van der Waals surface area contributed by atoms with Gasteiger partial charge in [-0.3, -0.25) is 15.1 Å². The van der Waals surface area contributed by atoms with Gasteiger partial charge in [-0.2, -0.15) is 0 Å². The van der Waals surface area contributed by atoms with Gasteiger partial charge in [0.05, 0.1) is 6.10 Å². The summed E-state index contributed by atoms with van der Waals surface area (Å²) in [5.41, 5.74) is 7.00. The molecule has 7 heteroatoms. The first-order valence-corrected chi connectivity index (χ1v) is 8.57. The molecular weight excluding hydrogens is 318 g/mol. The highest BCUT2D eigenvalue weighted by molar-refractivity contribution is 6.05. The SMILES string of the molecule is COC1CCN(CCCN(C(=N)N)C(=O)c2cc3ccccc3[nH]2)C1. The molecule has 3 rings (SSSR count). The molecule has 1 saturated heterocycles. The molecule has 1 fully saturated rings. The molecule has 0 spiro atoms. The molecule has 25 heavy (non-hydrogen) atoms. The van der Waals surface area contributed by atoms with Gasteiger partial charge in [-0.15, -0.1) is 0 Å². The Morgan fingerprint density at radius 3 is 2.96 bits per heavy atom. The summed E-state index contributed by atoms with van der Waals surface area (Å²) in [6.07, 6.45) is 2.11. The minimum absolute atomic E-state index is 0.222. The third kappa shape index (κ3) is 4.00. The lowest BCUT2D eigenvalue weighted by Gasteiger charge is -2.22. The Balaban J connectivity index is 1.60. The van der Waals surface area contributed by atoms with Gasteiger partial charge in [0.1, 0.15) is 5.69 Å². The Kier molecular flexibility index (Phi) is 5.35. The van der Waals surface area contributed by atoms with E-state index in [1.807, 2.05) is 24.3 Å². The smallest absolute Gasteiger partial charge is 0.276 e. The van der Waals surface area contributed by atoms with E-state index in [9.17, 15) is 4.79 Å². The summed E-state index contributed by atoms with van der Waals surface area (Å²) in [5, 5.41) is 8.72. The number of carbonyl (C=O) groups is 1. The van der Waals surface area contributed by atoms with Gasteiger partial charge in [0, 0.05) is 37.6 Å². The second kappa shape index (κ2) is 7.67. The number of H-pyrrole nitrogens is 1. The number of guanidine groups is 1. The van der Waals surface area contributed by atoms with E-state index in [0.29, 0.717) is 18.3 Å². The van der Waals surface area contributed by atoms with Crippen molar-refractivity contribution in [1.82, 2.24) is 14.8 Å². The Hall–Kier alpha value is -2.38. The number of methoxy groups -OCH3 is 1. The standard InChI is InChI=1S/C18H25N5O2/c1-25-14-7-10-22(12-14)8-4-9-23(18(19)20)17(24)16-11-13-5-2-3-6-15(13)21-16/h2-3,5-6,11,14,21H,4,7-10,12H2,1H3,(H3,19,20). The fourth-order valence-corrected chi connectivity index (χ4v) is 3.31. The van der Waals surface area contributed by atoms with Crippen molar-refractivity contribution in [3.05, 3.63) is 36.0 Å². The molecule has 1 aromatic carbocycles. The Morgan fingerprint density at radius 2 is 2.28 bits per heavy atom. The lowest BCUT2D eigenvalue weighted by molar-refractivity contribution is 0.0832. The molecule has 7 nitrogen and oxygen atoms in total. The van der Waals surface area contributed by atoms with Crippen molar-refractivity contribution in [2.45, 2.75) is 18.9 Å². The molecule has 4 N–H and O–H groups in total. The molecule has 1 aliphatic rings. The number of fused-ring (bicyclic) bond motifs is 1. The molecular formula is C18H25N5O2. The number of hydrogen-bond acceptors (Lipinski definition) is 4. The number of likely N-dealkylation sites (tertiary alicyclic amines) is 1. The second-order valence-electron chi connectivity index (χ2n) is 6.41. The van der Waals surface area contributed by atoms with Crippen LogP contribution in [0.15, 0.2) is 30.3 Å². The van der Waals surface area contributed by atoms with Crippen molar-refractivity contribution in [3.8, 4) is 0 Å². The molecule has 0 radical (unpaired) electrons. The number of amides is 1. The Morgan fingerprint density at radius 1 is 1.48 bits per heavy atom. The van der Waals surface area contributed by atoms with Crippen molar-refractivity contribution in [2.24, 2.45) is 5.73 Å². The van der Waals surface area contributed by atoms with E-state index in [2.05, 4.69) is 9.88 Å². The number of nitrogens with two attached hydrogens (primary N) is 1. The van der Waals surface area contributed by atoms with Crippen LogP contribution in [0.25, 0.3) is 10.9 Å². The summed E-state index contributed by atoms with van der Waals surface area (Å²) in [6.45, 7) is 3.22. The maximum Gasteiger partial charge on any atom is 0.276 e. The molecule has 1 aliphatic heterocycles. The van der Waals surface area contributed by atoms with Gasteiger partial charge >= 0.3 is 0 Å². The zero-order valence-electron chi connectivity index (χ0n) is 14.5. The number of aromatic amines is 1. The maximum atomic E-state index is 12.7. The minimum Gasteiger partial charge on any atom is -0.380 e. The van der Waals surface area contributed by atoms with Gasteiger partial charge in [0.15, 0.2) is 5.96 Å². The number of nitrogens with one attached hydrogen (secondary N) is 2. The van der Waals surface area contributed by atoms with Crippen molar-refractivity contribution in [3.63, 3.8) is 0 Å². The van der Waals surface area contributed by atoms with Crippen LogP contribution in [-0.4, -0.2) is 66.0 Å². The van der Waals surface area contributed by atoms with Crippen LogP contribution < -0.4 is 5.73 Å². The van der Waals surface area contributed by atoms with Crippen LogP contribution >= 0.6 is 0 Å². The molecule has 134 valence electrons. The van der Waals surface area contributed by atoms with E-state index < -0.39 is 0 Å². The van der Waals surface area contributed by atoms with Crippen molar-refractivity contribution in [2.75, 3.05) is 33.3 Å². The molecule has 1 unspecified atom stereocenters. The van der Waals surface area contributed by atoms with Crippen molar-refractivity contribution < 1.29 is 9.53 Å². The van der Waals surface area contributed by atoms with E-state index in [4.69, 9.17) is 15.9 Å². The predicted molar refractivity (Wildman–Crippen MR) is 97.7 cm³/mol. The molecule has 1 atom stereocenters. The van der Waals surface area contributed by atoms with Gasteiger partial charge in [0.25, 0.3) is 5.91 Å². The number of benzene rings is 1. The van der Waals surface area contributed by atoms with E-state index in [-0.39, 0.29) is 11.9 Å². The van der Waals surface area contributed by atoms with Crippen LogP contribution in [0.2, 0.25) is 0 Å². The second-order valence-corrected chi connectivity index (χ2v) is 6.41. The van der Waals surface area contributed by atoms with E-state index in [1.165, 1.54) is 4.90 Å². The third-order valence-electron chi connectivity index (χ3n) is 4.71. The number of aromatic nitrogens is 1. The minimum atomic E-state index is -0.264. The fraction of sp³-hybridized carbons (Fsp3) is 0.444. The van der Waals surface area contributed by atoms with Gasteiger partial charge in [-0.05, 0) is 31.5 Å². The van der Waals surface area contributed by atoms with Crippen molar-refractivity contribution in [1.29, 1.82) is 5.41 Å².